The van der Waals surface area contributed by atoms with Crippen LogP contribution < -0.4 is 10.5 Å². The summed E-state index contributed by atoms with van der Waals surface area (Å²) in [5.41, 5.74) is 8.66. The molecule has 1 aromatic heterocycles. The molecule has 0 fully saturated rings. The van der Waals surface area contributed by atoms with Gasteiger partial charge in [-0.05, 0) is 56.1 Å². The number of rotatable bonds is 2. The number of anilines is 1. The minimum atomic E-state index is 0.414. The topological polar surface area (TPSA) is 53.1 Å². The molecule has 0 unspecified atom stereocenters. The average molecular weight is 397 g/mol. The van der Waals surface area contributed by atoms with E-state index in [-0.39, 0.29) is 0 Å². The Morgan fingerprint density at radius 1 is 1.10 bits per heavy atom. The summed E-state index contributed by atoms with van der Waals surface area (Å²) in [6.45, 7) is 0. The lowest BCUT2D eigenvalue weighted by Crippen LogP contribution is -2.02. The predicted octanol–water partition coefficient (Wildman–Crippen LogP) is 4.14. The molecular weight excluding hydrogens is 386 g/mol. The lowest BCUT2D eigenvalue weighted by Gasteiger charge is -2.11. The van der Waals surface area contributed by atoms with Gasteiger partial charge in [0.25, 0.3) is 0 Å². The first-order chi connectivity index (χ1) is 9.63. The maximum Gasteiger partial charge on any atom is 0.206 e. The number of nitrogens with zero attached hydrogens (tertiary/aromatic N) is 2. The highest BCUT2D eigenvalue weighted by Gasteiger charge is 2.17. The second-order valence-electron chi connectivity index (χ2n) is 4.20. The van der Waals surface area contributed by atoms with Crippen molar-refractivity contribution in [2.24, 2.45) is 0 Å². The van der Waals surface area contributed by atoms with Crippen molar-refractivity contribution >= 4 is 48.8 Å². The maximum absolute atomic E-state index is 6.10. The number of nitrogen functional groups attached to an aromatic ring is 1. The third-order valence-electron chi connectivity index (χ3n) is 3.06. The van der Waals surface area contributed by atoms with Gasteiger partial charge in [0, 0.05) is 8.95 Å². The first kappa shape index (κ1) is 13.5. The Bertz CT molecular complexity index is 778. The fourth-order valence-electron chi connectivity index (χ4n) is 2.19. The maximum atomic E-state index is 6.10. The summed E-state index contributed by atoms with van der Waals surface area (Å²) in [6.07, 6.45) is 0. The monoisotopic (exact) mass is 395 g/mol. The lowest BCUT2D eigenvalue weighted by atomic mass is 10.2. The summed E-state index contributed by atoms with van der Waals surface area (Å²) in [6, 6.07) is 11.6. The zero-order valence-corrected chi connectivity index (χ0v) is 13.8. The van der Waals surface area contributed by atoms with Gasteiger partial charge in [-0.15, -0.1) is 0 Å². The number of methoxy groups -OCH3 is 1. The molecule has 0 aliphatic carbocycles. The molecule has 102 valence electrons. The van der Waals surface area contributed by atoms with Crippen LogP contribution in [-0.2, 0) is 0 Å². The van der Waals surface area contributed by atoms with Crippen LogP contribution in [0.2, 0.25) is 0 Å². The summed E-state index contributed by atoms with van der Waals surface area (Å²) in [5.74, 6) is 1.12. The summed E-state index contributed by atoms with van der Waals surface area (Å²) in [4.78, 5) is 4.42. The van der Waals surface area contributed by atoms with Crippen molar-refractivity contribution in [1.82, 2.24) is 9.55 Å². The van der Waals surface area contributed by atoms with Crippen molar-refractivity contribution < 1.29 is 4.74 Å². The van der Waals surface area contributed by atoms with Gasteiger partial charge in [0.2, 0.25) is 5.95 Å². The number of aromatic nitrogens is 2. The SMILES string of the molecule is COc1cccc2c1nc(N)n2-c1c(Br)cccc1Br. The average Bonchev–Trinajstić information content (AvgIpc) is 2.75. The van der Waals surface area contributed by atoms with Crippen molar-refractivity contribution in [1.29, 1.82) is 0 Å². The molecular formula is C14H11Br2N3O. The van der Waals surface area contributed by atoms with E-state index in [4.69, 9.17) is 10.5 Å². The van der Waals surface area contributed by atoms with E-state index >= 15 is 0 Å². The highest BCUT2D eigenvalue weighted by molar-refractivity contribution is 9.11. The molecule has 0 saturated heterocycles. The molecule has 0 saturated carbocycles. The number of hydrogen-bond donors (Lipinski definition) is 1. The Hall–Kier alpha value is -1.53. The van der Waals surface area contributed by atoms with Gasteiger partial charge in [0.05, 0.1) is 18.3 Å². The smallest absolute Gasteiger partial charge is 0.206 e. The number of halogens is 2. The Kier molecular flexibility index (Phi) is 3.43. The first-order valence-electron chi connectivity index (χ1n) is 5.89. The number of fused-ring (bicyclic) bond motifs is 1. The third-order valence-corrected chi connectivity index (χ3v) is 4.33. The molecule has 0 spiro atoms. The fraction of sp³-hybridized carbons (Fsp3) is 0.0714. The molecule has 0 amide bonds. The largest absolute Gasteiger partial charge is 0.494 e. The third kappa shape index (κ3) is 1.99. The second kappa shape index (κ2) is 5.10. The molecule has 0 atom stereocenters. The van der Waals surface area contributed by atoms with E-state index < -0.39 is 0 Å². The van der Waals surface area contributed by atoms with Gasteiger partial charge in [-0.3, -0.25) is 4.57 Å². The van der Waals surface area contributed by atoms with Gasteiger partial charge in [-0.1, -0.05) is 12.1 Å². The van der Waals surface area contributed by atoms with Gasteiger partial charge < -0.3 is 10.5 Å². The van der Waals surface area contributed by atoms with E-state index in [1.807, 2.05) is 41.0 Å². The normalized spacial score (nSPS) is 10.9. The van der Waals surface area contributed by atoms with Crippen LogP contribution in [-0.4, -0.2) is 16.7 Å². The van der Waals surface area contributed by atoms with Crippen LogP contribution >= 0.6 is 31.9 Å². The van der Waals surface area contributed by atoms with E-state index in [0.717, 1.165) is 25.7 Å². The summed E-state index contributed by atoms with van der Waals surface area (Å²) < 4.78 is 9.09. The van der Waals surface area contributed by atoms with E-state index in [0.29, 0.717) is 11.7 Å². The molecule has 3 rings (SSSR count). The zero-order chi connectivity index (χ0) is 14.3. The molecule has 0 bridgehead atoms. The summed E-state index contributed by atoms with van der Waals surface area (Å²) >= 11 is 7.12. The van der Waals surface area contributed by atoms with Crippen LogP contribution in [0.3, 0.4) is 0 Å². The fourth-order valence-corrected chi connectivity index (χ4v) is 3.55. The standard InChI is InChI=1S/C14H11Br2N3O/c1-20-11-7-3-6-10-12(11)18-14(17)19(10)13-8(15)4-2-5-9(13)16/h2-7H,1H3,(H2,17,18). The molecule has 2 aromatic carbocycles. The Morgan fingerprint density at radius 2 is 1.75 bits per heavy atom. The number of nitrogens with two attached hydrogens (primary N) is 1. The molecule has 0 radical (unpaired) electrons. The molecule has 0 aliphatic heterocycles. The van der Waals surface area contributed by atoms with Crippen molar-refractivity contribution in [2.75, 3.05) is 12.8 Å². The zero-order valence-electron chi connectivity index (χ0n) is 10.6. The Morgan fingerprint density at radius 3 is 2.40 bits per heavy atom. The van der Waals surface area contributed by atoms with Crippen LogP contribution in [0.25, 0.3) is 16.7 Å². The molecule has 2 N–H and O–H groups in total. The molecule has 6 heteroatoms. The van der Waals surface area contributed by atoms with E-state index in [9.17, 15) is 0 Å². The van der Waals surface area contributed by atoms with Crippen LogP contribution in [0.1, 0.15) is 0 Å². The summed E-state index contributed by atoms with van der Waals surface area (Å²) in [5, 5.41) is 0. The minimum Gasteiger partial charge on any atom is -0.494 e. The van der Waals surface area contributed by atoms with Gasteiger partial charge in [-0.25, -0.2) is 4.98 Å². The van der Waals surface area contributed by atoms with Gasteiger partial charge in [-0.2, -0.15) is 0 Å². The number of imidazole rings is 1. The van der Waals surface area contributed by atoms with E-state index in [1.165, 1.54) is 0 Å². The number of benzene rings is 2. The van der Waals surface area contributed by atoms with E-state index in [1.54, 1.807) is 7.11 Å². The van der Waals surface area contributed by atoms with Crippen LogP contribution in [0.15, 0.2) is 45.3 Å². The van der Waals surface area contributed by atoms with Gasteiger partial charge in [0.15, 0.2) is 0 Å². The van der Waals surface area contributed by atoms with Crippen LogP contribution in [0, 0.1) is 0 Å². The van der Waals surface area contributed by atoms with E-state index in [2.05, 4.69) is 36.8 Å². The number of para-hydroxylation sites is 2. The number of hydrogen-bond acceptors (Lipinski definition) is 3. The molecule has 20 heavy (non-hydrogen) atoms. The Labute approximate surface area is 132 Å². The highest BCUT2D eigenvalue weighted by atomic mass is 79.9. The molecule has 3 aromatic rings. The quantitative estimate of drug-likeness (QED) is 0.708. The van der Waals surface area contributed by atoms with Crippen molar-refractivity contribution in [3.63, 3.8) is 0 Å². The first-order valence-corrected chi connectivity index (χ1v) is 7.47. The van der Waals surface area contributed by atoms with Crippen LogP contribution in [0.4, 0.5) is 5.95 Å². The minimum absolute atomic E-state index is 0.414. The molecule has 1 heterocycles. The Balaban J connectivity index is 2.40. The van der Waals surface area contributed by atoms with Crippen LogP contribution in [0.5, 0.6) is 5.75 Å². The van der Waals surface area contributed by atoms with Gasteiger partial charge in [0.1, 0.15) is 11.3 Å². The van der Waals surface area contributed by atoms with Crippen molar-refractivity contribution in [2.45, 2.75) is 0 Å². The second-order valence-corrected chi connectivity index (χ2v) is 5.91. The number of ether oxygens (including phenoxy) is 1. The highest BCUT2D eigenvalue weighted by Crippen LogP contribution is 2.35. The van der Waals surface area contributed by atoms with Crippen molar-refractivity contribution in [3.8, 4) is 11.4 Å². The molecule has 0 aliphatic rings. The lowest BCUT2D eigenvalue weighted by molar-refractivity contribution is 0.419. The summed E-state index contributed by atoms with van der Waals surface area (Å²) in [7, 11) is 1.62. The van der Waals surface area contributed by atoms with Gasteiger partial charge >= 0.3 is 0 Å². The van der Waals surface area contributed by atoms with Crippen molar-refractivity contribution in [3.05, 3.63) is 45.3 Å². The predicted molar refractivity (Wildman–Crippen MR) is 87.4 cm³/mol. The molecule has 4 nitrogen and oxygen atoms in total.